The van der Waals surface area contributed by atoms with Gasteiger partial charge >= 0.3 is 5.97 Å². The quantitative estimate of drug-likeness (QED) is 0.645. The Labute approximate surface area is 161 Å². The summed E-state index contributed by atoms with van der Waals surface area (Å²) in [6.45, 7) is 3.24. The van der Waals surface area contributed by atoms with Gasteiger partial charge in [0.1, 0.15) is 11.3 Å². The predicted octanol–water partition coefficient (Wildman–Crippen LogP) is 4.61. The Kier molecular flexibility index (Phi) is 5.33. The van der Waals surface area contributed by atoms with Crippen LogP contribution in [-0.2, 0) is 9.53 Å². The van der Waals surface area contributed by atoms with Crippen LogP contribution in [0.2, 0.25) is 5.02 Å². The molecule has 27 heavy (non-hydrogen) atoms. The minimum atomic E-state index is -0.778. The lowest BCUT2D eigenvalue weighted by atomic mass is 10.1. The average molecular weight is 384 g/mol. The first-order valence-corrected chi connectivity index (χ1v) is 8.69. The van der Waals surface area contributed by atoms with Crippen LogP contribution in [0.15, 0.2) is 48.5 Å². The number of ether oxygens (including phenoxy) is 1. The first kappa shape index (κ1) is 18.7. The van der Waals surface area contributed by atoms with Crippen molar-refractivity contribution in [3.05, 3.63) is 70.2 Å². The Morgan fingerprint density at radius 3 is 2.59 bits per heavy atom. The van der Waals surface area contributed by atoms with Crippen LogP contribution in [0.25, 0.3) is 10.8 Å². The number of phenolic OH excluding ortho intramolecular Hbond substituents is 1. The number of nitrogens with one attached hydrogen (secondary N) is 1. The number of hydrogen-bond donors (Lipinski definition) is 2. The zero-order valence-electron chi connectivity index (χ0n) is 14.9. The van der Waals surface area contributed by atoms with Crippen LogP contribution in [0.5, 0.6) is 5.75 Å². The molecule has 0 bridgehead atoms. The minimum Gasteiger partial charge on any atom is -0.506 e. The number of aromatic hydroxyl groups is 1. The number of aryl methyl sites for hydroxylation is 2. The van der Waals surface area contributed by atoms with Gasteiger partial charge in [0.05, 0.1) is 10.7 Å². The number of benzene rings is 3. The number of hydrogen-bond acceptors (Lipinski definition) is 4. The normalized spacial score (nSPS) is 10.6. The summed E-state index contributed by atoms with van der Waals surface area (Å²) in [5, 5.41) is 14.7. The number of esters is 1. The summed E-state index contributed by atoms with van der Waals surface area (Å²) in [7, 11) is 0. The number of rotatable bonds is 4. The van der Waals surface area contributed by atoms with E-state index in [0.717, 1.165) is 16.5 Å². The third-order valence-corrected chi connectivity index (χ3v) is 4.45. The Hall–Kier alpha value is -3.05. The first-order valence-electron chi connectivity index (χ1n) is 8.31. The zero-order chi connectivity index (χ0) is 19.6. The molecule has 5 nitrogen and oxygen atoms in total. The van der Waals surface area contributed by atoms with E-state index in [-0.39, 0.29) is 11.3 Å². The molecule has 0 aromatic heterocycles. The fraction of sp³-hybridized carbons (Fsp3) is 0.143. The number of anilines is 1. The van der Waals surface area contributed by atoms with Gasteiger partial charge in [-0.25, -0.2) is 4.79 Å². The molecule has 0 radical (unpaired) electrons. The molecule has 0 spiro atoms. The number of amides is 1. The lowest BCUT2D eigenvalue weighted by molar-refractivity contribution is -0.119. The van der Waals surface area contributed by atoms with E-state index in [2.05, 4.69) is 5.32 Å². The molecular weight excluding hydrogens is 366 g/mol. The third-order valence-electron chi connectivity index (χ3n) is 4.15. The van der Waals surface area contributed by atoms with Crippen LogP contribution in [-0.4, -0.2) is 23.6 Å². The average Bonchev–Trinajstić information content (AvgIpc) is 2.63. The topological polar surface area (TPSA) is 75.6 Å². The molecule has 1 amide bonds. The first-order chi connectivity index (χ1) is 12.9. The van der Waals surface area contributed by atoms with Crippen LogP contribution in [0.1, 0.15) is 21.5 Å². The minimum absolute atomic E-state index is 0.00560. The highest BCUT2D eigenvalue weighted by Gasteiger charge is 2.17. The number of carbonyl (C=O) groups is 2. The van der Waals surface area contributed by atoms with Crippen molar-refractivity contribution in [3.8, 4) is 5.75 Å². The molecule has 3 rings (SSSR count). The standard InChI is InChI=1S/C21H18ClNO4/c1-12-9-13(2)19(17(22)10-12)23-18(24)11-27-21(26)16-8-7-14-5-3-4-6-15(14)20(16)25/h3-10,25H,11H2,1-2H3,(H,23,24). The molecule has 0 saturated carbocycles. The van der Waals surface area contributed by atoms with E-state index in [0.29, 0.717) is 16.1 Å². The highest BCUT2D eigenvalue weighted by atomic mass is 35.5. The molecule has 2 N–H and O–H groups in total. The fourth-order valence-electron chi connectivity index (χ4n) is 2.88. The van der Waals surface area contributed by atoms with Gasteiger partial charge in [-0.15, -0.1) is 0 Å². The molecule has 0 aliphatic heterocycles. The number of phenols is 1. The van der Waals surface area contributed by atoms with Crippen LogP contribution in [0.3, 0.4) is 0 Å². The molecule has 0 saturated heterocycles. The second-order valence-corrected chi connectivity index (χ2v) is 6.65. The highest BCUT2D eigenvalue weighted by Crippen LogP contribution is 2.29. The fourth-order valence-corrected chi connectivity index (χ4v) is 3.25. The molecule has 0 atom stereocenters. The molecule has 138 valence electrons. The van der Waals surface area contributed by atoms with E-state index in [1.165, 1.54) is 6.07 Å². The van der Waals surface area contributed by atoms with Crippen molar-refractivity contribution in [3.63, 3.8) is 0 Å². The SMILES string of the molecule is Cc1cc(C)c(NC(=O)COC(=O)c2ccc3ccccc3c2O)c(Cl)c1. The van der Waals surface area contributed by atoms with Gasteiger partial charge in [0.2, 0.25) is 0 Å². The summed E-state index contributed by atoms with van der Waals surface area (Å²) in [5.74, 6) is -1.46. The molecule has 0 fully saturated rings. The van der Waals surface area contributed by atoms with E-state index in [9.17, 15) is 14.7 Å². The van der Waals surface area contributed by atoms with E-state index in [1.54, 1.807) is 24.3 Å². The van der Waals surface area contributed by atoms with Crippen molar-refractivity contribution >= 4 is 39.9 Å². The van der Waals surface area contributed by atoms with Crippen molar-refractivity contribution in [1.29, 1.82) is 0 Å². The highest BCUT2D eigenvalue weighted by molar-refractivity contribution is 6.34. The third kappa shape index (κ3) is 4.04. The van der Waals surface area contributed by atoms with E-state index < -0.39 is 18.5 Å². The van der Waals surface area contributed by atoms with Gasteiger partial charge in [0.15, 0.2) is 6.61 Å². The lowest BCUT2D eigenvalue weighted by Gasteiger charge is -2.12. The number of halogens is 1. The molecule has 3 aromatic rings. The monoisotopic (exact) mass is 383 g/mol. The second-order valence-electron chi connectivity index (χ2n) is 6.25. The molecule has 3 aromatic carbocycles. The second kappa shape index (κ2) is 7.68. The van der Waals surface area contributed by atoms with Gasteiger partial charge in [-0.1, -0.05) is 48.0 Å². The van der Waals surface area contributed by atoms with Crippen molar-refractivity contribution < 1.29 is 19.4 Å². The van der Waals surface area contributed by atoms with Crippen molar-refractivity contribution in [2.75, 3.05) is 11.9 Å². The van der Waals surface area contributed by atoms with Crippen molar-refractivity contribution in [1.82, 2.24) is 0 Å². The molecular formula is C21H18ClNO4. The number of fused-ring (bicyclic) bond motifs is 1. The summed E-state index contributed by atoms with van der Waals surface area (Å²) in [6.07, 6.45) is 0. The van der Waals surface area contributed by atoms with E-state index in [1.807, 2.05) is 32.0 Å². The van der Waals surface area contributed by atoms with Gasteiger partial charge in [-0.2, -0.15) is 0 Å². The summed E-state index contributed by atoms with van der Waals surface area (Å²) in [6, 6.07) is 13.9. The molecule has 0 unspecified atom stereocenters. The maximum absolute atomic E-state index is 12.3. The van der Waals surface area contributed by atoms with Gasteiger partial charge < -0.3 is 15.2 Å². The van der Waals surface area contributed by atoms with Gasteiger partial charge in [0.25, 0.3) is 5.91 Å². The Bertz CT molecular complexity index is 1020. The number of carbonyl (C=O) groups excluding carboxylic acids is 2. The molecule has 0 aliphatic rings. The smallest absolute Gasteiger partial charge is 0.342 e. The molecule has 6 heteroatoms. The maximum atomic E-state index is 12.3. The Morgan fingerprint density at radius 1 is 1.11 bits per heavy atom. The summed E-state index contributed by atoms with van der Waals surface area (Å²) >= 11 is 6.16. The van der Waals surface area contributed by atoms with Gasteiger partial charge in [-0.3, -0.25) is 4.79 Å². The Balaban J connectivity index is 1.69. The van der Waals surface area contributed by atoms with Crippen LogP contribution in [0, 0.1) is 13.8 Å². The zero-order valence-corrected chi connectivity index (χ0v) is 15.6. The molecule has 0 aliphatic carbocycles. The lowest BCUT2D eigenvalue weighted by Crippen LogP contribution is -2.21. The van der Waals surface area contributed by atoms with Gasteiger partial charge in [0, 0.05) is 5.39 Å². The van der Waals surface area contributed by atoms with Crippen molar-refractivity contribution in [2.24, 2.45) is 0 Å². The largest absolute Gasteiger partial charge is 0.506 e. The maximum Gasteiger partial charge on any atom is 0.342 e. The summed E-state index contributed by atoms with van der Waals surface area (Å²) in [5.41, 5.74) is 2.28. The van der Waals surface area contributed by atoms with Crippen LogP contribution in [0.4, 0.5) is 5.69 Å². The van der Waals surface area contributed by atoms with Crippen molar-refractivity contribution in [2.45, 2.75) is 13.8 Å². The summed E-state index contributed by atoms with van der Waals surface area (Å²) in [4.78, 5) is 24.4. The predicted molar refractivity (Wildman–Crippen MR) is 105 cm³/mol. The van der Waals surface area contributed by atoms with Crippen LogP contribution >= 0.6 is 11.6 Å². The van der Waals surface area contributed by atoms with E-state index >= 15 is 0 Å². The Morgan fingerprint density at radius 2 is 1.85 bits per heavy atom. The summed E-state index contributed by atoms with van der Waals surface area (Å²) < 4.78 is 5.04. The molecule has 0 heterocycles. The van der Waals surface area contributed by atoms with E-state index in [4.69, 9.17) is 16.3 Å². The van der Waals surface area contributed by atoms with Gasteiger partial charge in [-0.05, 0) is 42.5 Å². The van der Waals surface area contributed by atoms with Crippen LogP contribution < -0.4 is 5.32 Å².